The monoisotopic (exact) mass is 258 g/mol. The summed E-state index contributed by atoms with van der Waals surface area (Å²) in [6.07, 6.45) is 0. The van der Waals surface area contributed by atoms with Gasteiger partial charge in [0.05, 0.1) is 11.4 Å². The van der Waals surface area contributed by atoms with Crippen molar-refractivity contribution in [2.24, 2.45) is 0 Å². The van der Waals surface area contributed by atoms with Crippen LogP contribution in [0.15, 0.2) is 48.5 Å². The first-order valence-corrected chi connectivity index (χ1v) is 6.34. The van der Waals surface area contributed by atoms with Crippen molar-refractivity contribution in [1.82, 2.24) is 0 Å². The van der Waals surface area contributed by atoms with Crippen molar-refractivity contribution >= 4 is 11.4 Å². The van der Waals surface area contributed by atoms with Crippen LogP contribution in [0.3, 0.4) is 0 Å². The maximum atomic E-state index is 13.7. The van der Waals surface area contributed by atoms with E-state index in [0.717, 1.165) is 0 Å². The molecule has 0 aliphatic rings. The molecule has 0 aromatic heterocycles. The largest absolute Gasteiger partial charge is 0.397 e. The Balaban J connectivity index is 2.14. The van der Waals surface area contributed by atoms with Gasteiger partial charge in [0, 0.05) is 12.0 Å². The van der Waals surface area contributed by atoms with Gasteiger partial charge in [0.25, 0.3) is 0 Å². The van der Waals surface area contributed by atoms with Crippen molar-refractivity contribution in [2.45, 2.75) is 19.3 Å². The summed E-state index contributed by atoms with van der Waals surface area (Å²) in [4.78, 5) is 0. The van der Waals surface area contributed by atoms with Gasteiger partial charge in [-0.1, -0.05) is 50.2 Å². The Bertz CT molecular complexity index is 530. The third-order valence-corrected chi connectivity index (χ3v) is 3.31. The van der Waals surface area contributed by atoms with Crippen molar-refractivity contribution < 1.29 is 4.39 Å². The average molecular weight is 258 g/mol. The molecule has 2 aromatic carbocycles. The fourth-order valence-electron chi connectivity index (χ4n) is 2.03. The summed E-state index contributed by atoms with van der Waals surface area (Å²) in [5.41, 5.74) is 7.71. The summed E-state index contributed by atoms with van der Waals surface area (Å²) in [6, 6.07) is 14.9. The number of anilines is 2. The van der Waals surface area contributed by atoms with E-state index in [1.54, 1.807) is 12.1 Å². The smallest absolute Gasteiger partial charge is 0.148 e. The van der Waals surface area contributed by atoms with Crippen molar-refractivity contribution in [1.29, 1.82) is 0 Å². The molecule has 2 rings (SSSR count). The zero-order valence-electron chi connectivity index (χ0n) is 11.3. The minimum Gasteiger partial charge on any atom is -0.397 e. The highest BCUT2D eigenvalue weighted by Gasteiger charge is 2.20. The molecular weight excluding hydrogens is 239 g/mol. The Morgan fingerprint density at radius 3 is 2.37 bits per heavy atom. The van der Waals surface area contributed by atoms with Crippen molar-refractivity contribution in [3.8, 4) is 0 Å². The van der Waals surface area contributed by atoms with Crippen LogP contribution in [0.2, 0.25) is 0 Å². The molecule has 0 saturated heterocycles. The number of nitrogen functional groups attached to an aromatic ring is 1. The summed E-state index contributed by atoms with van der Waals surface area (Å²) >= 11 is 0. The fraction of sp³-hybridized carbons (Fsp3) is 0.250. The molecule has 2 nitrogen and oxygen atoms in total. The van der Waals surface area contributed by atoms with Gasteiger partial charge in [0.1, 0.15) is 5.82 Å². The number of para-hydroxylation sites is 1. The molecule has 0 aliphatic heterocycles. The van der Waals surface area contributed by atoms with E-state index in [-0.39, 0.29) is 11.2 Å². The molecule has 0 heterocycles. The molecule has 0 unspecified atom stereocenters. The number of nitrogens with one attached hydrogen (secondary N) is 1. The lowest BCUT2D eigenvalue weighted by atomic mass is 9.84. The summed E-state index contributed by atoms with van der Waals surface area (Å²) in [5, 5.41) is 3.12. The normalized spacial score (nSPS) is 11.3. The average Bonchev–Trinajstić information content (AvgIpc) is 2.39. The minimum atomic E-state index is -0.316. The molecule has 3 heteroatoms. The summed E-state index contributed by atoms with van der Waals surface area (Å²) in [6.45, 7) is 4.85. The first-order valence-electron chi connectivity index (χ1n) is 6.34. The standard InChI is InChI=1S/C16H19FN2/c1-16(2,12-7-4-3-5-8-12)11-19-15-13(17)9-6-10-14(15)18/h3-10,19H,11,18H2,1-2H3. The first kappa shape index (κ1) is 13.4. The second-order valence-electron chi connectivity index (χ2n) is 5.31. The lowest BCUT2D eigenvalue weighted by Crippen LogP contribution is -2.28. The number of rotatable bonds is 4. The van der Waals surface area contributed by atoms with Gasteiger partial charge < -0.3 is 11.1 Å². The van der Waals surface area contributed by atoms with Gasteiger partial charge in [-0.25, -0.2) is 4.39 Å². The van der Waals surface area contributed by atoms with Crippen LogP contribution in [0.25, 0.3) is 0 Å². The Hall–Kier alpha value is -2.03. The van der Waals surface area contributed by atoms with Gasteiger partial charge in [-0.2, -0.15) is 0 Å². The third-order valence-electron chi connectivity index (χ3n) is 3.31. The van der Waals surface area contributed by atoms with E-state index >= 15 is 0 Å². The van der Waals surface area contributed by atoms with Gasteiger partial charge in [0.2, 0.25) is 0 Å². The van der Waals surface area contributed by atoms with Crippen molar-refractivity contribution in [3.63, 3.8) is 0 Å². The van der Waals surface area contributed by atoms with Gasteiger partial charge in [0.15, 0.2) is 0 Å². The molecule has 3 N–H and O–H groups in total. The third kappa shape index (κ3) is 3.05. The highest BCUT2D eigenvalue weighted by Crippen LogP contribution is 2.27. The summed E-state index contributed by atoms with van der Waals surface area (Å²) in [5.74, 6) is -0.316. The highest BCUT2D eigenvalue weighted by molar-refractivity contribution is 5.66. The van der Waals surface area contributed by atoms with E-state index < -0.39 is 0 Å². The molecular formula is C16H19FN2. The van der Waals surface area contributed by atoms with E-state index in [9.17, 15) is 4.39 Å². The van der Waals surface area contributed by atoms with E-state index in [1.807, 2.05) is 18.2 Å². The van der Waals surface area contributed by atoms with Gasteiger partial charge in [-0.05, 0) is 17.7 Å². The van der Waals surface area contributed by atoms with E-state index in [2.05, 4.69) is 31.3 Å². The van der Waals surface area contributed by atoms with Crippen LogP contribution >= 0.6 is 0 Å². The molecule has 0 saturated carbocycles. The SMILES string of the molecule is CC(C)(CNc1c(N)cccc1F)c1ccccc1. The number of hydrogen-bond donors (Lipinski definition) is 2. The molecule has 19 heavy (non-hydrogen) atoms. The zero-order valence-corrected chi connectivity index (χ0v) is 11.3. The van der Waals surface area contributed by atoms with E-state index in [0.29, 0.717) is 17.9 Å². The Morgan fingerprint density at radius 2 is 1.74 bits per heavy atom. The second-order valence-corrected chi connectivity index (χ2v) is 5.31. The maximum Gasteiger partial charge on any atom is 0.148 e. The molecule has 0 amide bonds. The lowest BCUT2D eigenvalue weighted by Gasteiger charge is -2.26. The number of halogens is 1. The fourth-order valence-corrected chi connectivity index (χ4v) is 2.03. The molecule has 0 aliphatic carbocycles. The molecule has 0 fully saturated rings. The second kappa shape index (κ2) is 5.31. The van der Waals surface area contributed by atoms with Crippen LogP contribution in [0.1, 0.15) is 19.4 Å². The maximum absolute atomic E-state index is 13.7. The van der Waals surface area contributed by atoms with Gasteiger partial charge >= 0.3 is 0 Å². The summed E-state index contributed by atoms with van der Waals surface area (Å²) < 4.78 is 13.7. The first-order chi connectivity index (χ1) is 9.00. The van der Waals surface area contributed by atoms with Crippen LogP contribution in [-0.4, -0.2) is 6.54 Å². The van der Waals surface area contributed by atoms with Gasteiger partial charge in [-0.3, -0.25) is 0 Å². The Morgan fingerprint density at radius 1 is 1.05 bits per heavy atom. The lowest BCUT2D eigenvalue weighted by molar-refractivity contribution is 0.553. The molecule has 2 aromatic rings. The van der Waals surface area contributed by atoms with Crippen LogP contribution in [0.4, 0.5) is 15.8 Å². The highest BCUT2D eigenvalue weighted by atomic mass is 19.1. The molecule has 0 atom stereocenters. The summed E-state index contributed by atoms with van der Waals surface area (Å²) in [7, 11) is 0. The Kier molecular flexibility index (Phi) is 3.74. The predicted molar refractivity (Wildman–Crippen MR) is 78.8 cm³/mol. The Labute approximate surface area is 113 Å². The van der Waals surface area contributed by atoms with Gasteiger partial charge in [-0.15, -0.1) is 0 Å². The minimum absolute atomic E-state index is 0.101. The quantitative estimate of drug-likeness (QED) is 0.819. The molecule has 100 valence electrons. The molecule has 0 radical (unpaired) electrons. The molecule has 0 bridgehead atoms. The van der Waals surface area contributed by atoms with E-state index in [4.69, 9.17) is 5.73 Å². The topological polar surface area (TPSA) is 38.0 Å². The molecule has 0 spiro atoms. The predicted octanol–water partition coefficient (Wildman–Crippen LogP) is 3.80. The number of hydrogen-bond acceptors (Lipinski definition) is 2. The number of benzene rings is 2. The van der Waals surface area contributed by atoms with Crippen molar-refractivity contribution in [3.05, 3.63) is 59.9 Å². The van der Waals surface area contributed by atoms with E-state index in [1.165, 1.54) is 11.6 Å². The van der Waals surface area contributed by atoms with Crippen LogP contribution in [0, 0.1) is 5.82 Å². The van der Waals surface area contributed by atoms with Crippen LogP contribution in [0.5, 0.6) is 0 Å². The van der Waals surface area contributed by atoms with Crippen molar-refractivity contribution in [2.75, 3.05) is 17.6 Å². The van der Waals surface area contributed by atoms with Crippen LogP contribution < -0.4 is 11.1 Å². The zero-order chi connectivity index (χ0) is 13.9. The van der Waals surface area contributed by atoms with Crippen LogP contribution in [-0.2, 0) is 5.41 Å². The number of nitrogens with two attached hydrogens (primary N) is 1.